The van der Waals surface area contributed by atoms with Crippen molar-refractivity contribution in [3.05, 3.63) is 29.8 Å². The summed E-state index contributed by atoms with van der Waals surface area (Å²) in [7, 11) is 0. The van der Waals surface area contributed by atoms with Gasteiger partial charge in [-0.1, -0.05) is 44.3 Å². The molecule has 1 aliphatic rings. The van der Waals surface area contributed by atoms with Gasteiger partial charge >= 0.3 is 0 Å². The topological polar surface area (TPSA) is 12.0 Å². The number of benzene rings is 1. The second-order valence-corrected chi connectivity index (χ2v) is 3.20. The minimum atomic E-state index is 0. The van der Waals surface area contributed by atoms with Crippen molar-refractivity contribution in [1.82, 2.24) is 0 Å². The van der Waals surface area contributed by atoms with Crippen molar-refractivity contribution >= 4 is 22.9 Å². The van der Waals surface area contributed by atoms with Crippen LogP contribution < -0.4 is 5.32 Å². The van der Waals surface area contributed by atoms with Gasteiger partial charge in [0.2, 0.25) is 0 Å². The van der Waals surface area contributed by atoms with Gasteiger partial charge in [0.25, 0.3) is 0 Å². The largest absolute Gasteiger partial charge is 0.350 e. The molecule has 1 heterocycles. The summed E-state index contributed by atoms with van der Waals surface area (Å²) in [5, 5.41) is 3.19. The fraction of sp³-hybridized carbons (Fsp3) is 0.364. The van der Waals surface area contributed by atoms with E-state index in [2.05, 4.69) is 23.5 Å². The van der Waals surface area contributed by atoms with E-state index in [0.717, 1.165) is 17.8 Å². The molecule has 0 unspecified atom stereocenters. The molecule has 0 aromatic heterocycles. The molecule has 0 saturated heterocycles. The Hall–Kier alpha value is -0.890. The molecule has 1 aromatic carbocycles. The predicted molar refractivity (Wildman–Crippen MR) is 64.4 cm³/mol. The zero-order valence-corrected chi connectivity index (χ0v) is 8.95. The molecule has 0 atom stereocenters. The molecule has 1 aliphatic heterocycles. The van der Waals surface area contributed by atoms with Crippen molar-refractivity contribution in [3.8, 4) is 0 Å². The third-order valence-corrected chi connectivity index (χ3v) is 2.22. The van der Waals surface area contributed by atoms with Crippen LogP contribution in [0.3, 0.4) is 0 Å². The van der Waals surface area contributed by atoms with Gasteiger partial charge in [-0.05, 0) is 18.1 Å². The van der Waals surface area contributed by atoms with Gasteiger partial charge in [0.15, 0.2) is 0 Å². The second-order valence-electron chi connectivity index (χ2n) is 2.71. The van der Waals surface area contributed by atoms with E-state index in [1.807, 2.05) is 19.9 Å². The molecule has 0 spiro atoms. The van der Waals surface area contributed by atoms with E-state index in [1.54, 1.807) is 0 Å². The van der Waals surface area contributed by atoms with Crippen LogP contribution in [0.1, 0.15) is 27.3 Å². The van der Waals surface area contributed by atoms with Crippen LogP contribution in [0, 0.1) is 0 Å². The van der Waals surface area contributed by atoms with Gasteiger partial charge in [-0.3, -0.25) is 0 Å². The smallest absolute Gasteiger partial charge is 0.0800 e. The van der Waals surface area contributed by atoms with E-state index >= 15 is 0 Å². The standard InChI is InChI=1S/C9H9NS.C2H6.H2/c11-9-6-5-7-3-1-2-4-8(7)10-9;1-2;/h1-4H,5-6H2,(H,10,11);1-2H3;1H. The van der Waals surface area contributed by atoms with Crippen molar-refractivity contribution in [2.45, 2.75) is 26.7 Å². The van der Waals surface area contributed by atoms with Crippen LogP contribution in [0.2, 0.25) is 0 Å². The fourth-order valence-corrected chi connectivity index (χ4v) is 1.53. The molecule has 2 heteroatoms. The molecule has 2 rings (SSSR count). The highest BCUT2D eigenvalue weighted by Crippen LogP contribution is 2.21. The summed E-state index contributed by atoms with van der Waals surface area (Å²) in [6.45, 7) is 4.00. The Bertz CT molecular complexity index is 299. The van der Waals surface area contributed by atoms with Crippen molar-refractivity contribution in [1.29, 1.82) is 0 Å². The van der Waals surface area contributed by atoms with Crippen LogP contribution in [-0.2, 0) is 6.42 Å². The number of anilines is 1. The zero-order chi connectivity index (χ0) is 9.68. The van der Waals surface area contributed by atoms with Crippen LogP contribution in [-0.4, -0.2) is 4.99 Å². The second kappa shape index (κ2) is 4.97. The third kappa shape index (κ3) is 2.52. The molecular formula is C11H17NS. The number of hydrogen-bond acceptors (Lipinski definition) is 1. The third-order valence-electron chi connectivity index (χ3n) is 1.91. The minimum absolute atomic E-state index is 0. The van der Waals surface area contributed by atoms with E-state index in [4.69, 9.17) is 12.2 Å². The lowest BCUT2D eigenvalue weighted by molar-refractivity contribution is 1.03. The lowest BCUT2D eigenvalue weighted by atomic mass is 10.0. The molecule has 1 nitrogen and oxygen atoms in total. The van der Waals surface area contributed by atoms with Crippen molar-refractivity contribution in [2.75, 3.05) is 5.32 Å². The summed E-state index contributed by atoms with van der Waals surface area (Å²) in [6.07, 6.45) is 2.08. The molecule has 0 amide bonds. The van der Waals surface area contributed by atoms with Gasteiger partial charge in [0, 0.05) is 13.5 Å². The van der Waals surface area contributed by atoms with Crippen molar-refractivity contribution < 1.29 is 1.43 Å². The lowest BCUT2D eigenvalue weighted by Crippen LogP contribution is -2.16. The van der Waals surface area contributed by atoms with Gasteiger partial charge in [0.05, 0.1) is 4.99 Å². The van der Waals surface area contributed by atoms with Crippen molar-refractivity contribution in [3.63, 3.8) is 0 Å². The minimum Gasteiger partial charge on any atom is -0.350 e. The predicted octanol–water partition coefficient (Wildman–Crippen LogP) is 3.64. The van der Waals surface area contributed by atoms with E-state index in [-0.39, 0.29) is 1.43 Å². The Kier molecular flexibility index (Phi) is 3.90. The Morgan fingerprint density at radius 3 is 2.69 bits per heavy atom. The fourth-order valence-electron chi connectivity index (χ4n) is 1.32. The number of para-hydroxylation sites is 1. The first-order valence-electron chi connectivity index (χ1n) is 4.74. The Labute approximate surface area is 86.6 Å². The average molecular weight is 195 g/mol. The molecule has 1 aromatic rings. The first kappa shape index (κ1) is 10.2. The molecule has 0 fully saturated rings. The number of nitrogens with one attached hydrogen (secondary N) is 1. The molecule has 0 saturated carbocycles. The van der Waals surface area contributed by atoms with E-state index in [1.165, 1.54) is 11.3 Å². The number of aryl methyl sites for hydroxylation is 1. The summed E-state index contributed by atoms with van der Waals surface area (Å²) >= 11 is 5.07. The average Bonchev–Trinajstić information content (AvgIpc) is 2.21. The molecule has 0 radical (unpaired) electrons. The maximum atomic E-state index is 5.07. The first-order valence-corrected chi connectivity index (χ1v) is 5.15. The monoisotopic (exact) mass is 195 g/mol. The number of fused-ring (bicyclic) bond motifs is 1. The quantitative estimate of drug-likeness (QED) is 0.634. The van der Waals surface area contributed by atoms with Gasteiger partial charge in [-0.25, -0.2) is 0 Å². The highest BCUT2D eigenvalue weighted by atomic mass is 32.1. The summed E-state index contributed by atoms with van der Waals surface area (Å²) in [6, 6.07) is 8.31. The molecule has 0 aliphatic carbocycles. The molecule has 1 N–H and O–H groups in total. The molecular weight excluding hydrogens is 178 g/mol. The van der Waals surface area contributed by atoms with Crippen molar-refractivity contribution in [2.24, 2.45) is 0 Å². The Morgan fingerprint density at radius 2 is 1.92 bits per heavy atom. The van der Waals surface area contributed by atoms with Gasteiger partial charge in [-0.15, -0.1) is 0 Å². The van der Waals surface area contributed by atoms with Gasteiger partial charge in [0.1, 0.15) is 0 Å². The van der Waals surface area contributed by atoms with Crippen LogP contribution in [0.4, 0.5) is 5.69 Å². The van der Waals surface area contributed by atoms with E-state index in [9.17, 15) is 0 Å². The van der Waals surface area contributed by atoms with E-state index in [0.29, 0.717) is 0 Å². The van der Waals surface area contributed by atoms with Crippen LogP contribution in [0.15, 0.2) is 24.3 Å². The Morgan fingerprint density at radius 1 is 1.23 bits per heavy atom. The molecule has 13 heavy (non-hydrogen) atoms. The number of rotatable bonds is 0. The summed E-state index contributed by atoms with van der Waals surface area (Å²) < 4.78 is 0. The zero-order valence-electron chi connectivity index (χ0n) is 8.13. The molecule has 0 bridgehead atoms. The van der Waals surface area contributed by atoms with Crippen LogP contribution in [0.25, 0.3) is 0 Å². The van der Waals surface area contributed by atoms with Gasteiger partial charge < -0.3 is 5.32 Å². The van der Waals surface area contributed by atoms with E-state index < -0.39 is 0 Å². The number of hydrogen-bond donors (Lipinski definition) is 1. The number of thiocarbonyl (C=S) groups is 1. The maximum Gasteiger partial charge on any atom is 0.0800 e. The Balaban J connectivity index is 0.000000531. The van der Waals surface area contributed by atoms with Crippen LogP contribution >= 0.6 is 12.2 Å². The van der Waals surface area contributed by atoms with Crippen LogP contribution in [0.5, 0.6) is 0 Å². The summed E-state index contributed by atoms with van der Waals surface area (Å²) in [5.74, 6) is 0. The normalized spacial score (nSPS) is 13.5. The SMILES string of the molecule is CC.S=C1CCc2ccccc2N1.[HH]. The molecule has 72 valence electrons. The highest BCUT2D eigenvalue weighted by Gasteiger charge is 2.09. The van der Waals surface area contributed by atoms with Gasteiger partial charge in [-0.2, -0.15) is 0 Å². The lowest BCUT2D eigenvalue weighted by Gasteiger charge is -2.17. The maximum absolute atomic E-state index is 5.07. The summed E-state index contributed by atoms with van der Waals surface area (Å²) in [4.78, 5) is 0.962. The highest BCUT2D eigenvalue weighted by molar-refractivity contribution is 7.80. The first-order chi connectivity index (χ1) is 6.36. The summed E-state index contributed by atoms with van der Waals surface area (Å²) in [5.41, 5.74) is 2.56.